The summed E-state index contributed by atoms with van der Waals surface area (Å²) < 4.78 is 54.7. The van der Waals surface area contributed by atoms with Gasteiger partial charge in [0.05, 0.1) is 23.1 Å². The molecule has 3 heterocycles. The van der Waals surface area contributed by atoms with E-state index in [9.17, 15) is 31.9 Å². The van der Waals surface area contributed by atoms with Crippen molar-refractivity contribution in [3.8, 4) is 11.3 Å². The molecule has 0 saturated heterocycles. The first-order valence-corrected chi connectivity index (χ1v) is 11.0. The van der Waals surface area contributed by atoms with Crippen molar-refractivity contribution in [1.82, 2.24) is 14.1 Å². The van der Waals surface area contributed by atoms with Crippen LogP contribution in [0.15, 0.2) is 38.5 Å². The summed E-state index contributed by atoms with van der Waals surface area (Å²) in [5.74, 6) is -1.89. The van der Waals surface area contributed by atoms with Crippen molar-refractivity contribution in [3.63, 3.8) is 0 Å². The number of nitrogens with one attached hydrogen (secondary N) is 1. The van der Waals surface area contributed by atoms with Gasteiger partial charge in [-0.1, -0.05) is 0 Å². The normalized spacial score (nSPS) is 11.8. The highest BCUT2D eigenvalue weighted by atomic mass is 32.1. The van der Waals surface area contributed by atoms with E-state index in [-0.39, 0.29) is 28.2 Å². The fraction of sp³-hybridized carbons (Fsp3) is 0.200. The Morgan fingerprint density at radius 2 is 1.85 bits per heavy atom. The van der Waals surface area contributed by atoms with Crippen LogP contribution < -0.4 is 16.6 Å². The predicted molar refractivity (Wildman–Crippen MR) is 117 cm³/mol. The Balaban J connectivity index is 1.56. The number of aromatic nitrogens is 3. The quantitative estimate of drug-likeness (QED) is 0.434. The third kappa shape index (κ3) is 4.20. The van der Waals surface area contributed by atoms with E-state index < -0.39 is 34.7 Å². The molecular formula is C20H14F4N4O3S2. The zero-order valence-electron chi connectivity index (χ0n) is 17.0. The number of carbonyl (C=O) groups is 1. The van der Waals surface area contributed by atoms with Crippen LogP contribution in [0.25, 0.3) is 21.5 Å². The molecule has 0 bridgehead atoms. The molecule has 7 nitrogen and oxygen atoms in total. The van der Waals surface area contributed by atoms with Gasteiger partial charge in [-0.2, -0.15) is 13.2 Å². The lowest BCUT2D eigenvalue weighted by atomic mass is 10.1. The summed E-state index contributed by atoms with van der Waals surface area (Å²) in [6.45, 7) is 0. The Labute approximate surface area is 190 Å². The number of rotatable bonds is 4. The minimum Gasteiger partial charge on any atom is -0.302 e. The number of fused-ring (bicyclic) bond motifs is 1. The van der Waals surface area contributed by atoms with Gasteiger partial charge in [0.1, 0.15) is 10.6 Å². The van der Waals surface area contributed by atoms with Crippen LogP contribution in [-0.4, -0.2) is 20.0 Å². The van der Waals surface area contributed by atoms with Crippen LogP contribution in [0.3, 0.4) is 0 Å². The summed E-state index contributed by atoms with van der Waals surface area (Å²) >= 11 is 2.16. The monoisotopic (exact) mass is 498 g/mol. The van der Waals surface area contributed by atoms with Gasteiger partial charge in [0.2, 0.25) is 5.91 Å². The van der Waals surface area contributed by atoms with Gasteiger partial charge in [-0.05, 0) is 29.1 Å². The maximum Gasteiger partial charge on any atom is 0.419 e. The van der Waals surface area contributed by atoms with E-state index in [0.29, 0.717) is 22.5 Å². The molecule has 1 aromatic carbocycles. The van der Waals surface area contributed by atoms with Crippen LogP contribution in [0.2, 0.25) is 0 Å². The molecule has 0 unspecified atom stereocenters. The van der Waals surface area contributed by atoms with Crippen LogP contribution >= 0.6 is 22.7 Å². The molecule has 4 aromatic rings. The molecule has 0 fully saturated rings. The molecular weight excluding hydrogens is 484 g/mol. The summed E-state index contributed by atoms with van der Waals surface area (Å²) in [7, 11) is 2.88. The lowest BCUT2D eigenvalue weighted by Crippen LogP contribution is -2.36. The van der Waals surface area contributed by atoms with Gasteiger partial charge in [-0.15, -0.1) is 22.7 Å². The van der Waals surface area contributed by atoms with Crippen molar-refractivity contribution in [1.29, 1.82) is 0 Å². The highest BCUT2D eigenvalue weighted by molar-refractivity contribution is 7.17. The van der Waals surface area contributed by atoms with Crippen LogP contribution in [0.4, 0.5) is 22.7 Å². The third-order valence-corrected chi connectivity index (χ3v) is 6.78. The molecule has 0 aliphatic heterocycles. The maximum atomic E-state index is 13.5. The van der Waals surface area contributed by atoms with E-state index in [1.807, 2.05) is 0 Å². The SMILES string of the molecule is Cn1c(=O)c2c(CC(=O)Nc3nc(-c4ccc(F)c(C(F)(F)F)c4)cs3)csc2n(C)c1=O. The summed E-state index contributed by atoms with van der Waals surface area (Å²) in [6, 6.07) is 2.54. The summed E-state index contributed by atoms with van der Waals surface area (Å²) in [5, 5.41) is 6.01. The van der Waals surface area contributed by atoms with E-state index in [1.165, 1.54) is 41.4 Å². The van der Waals surface area contributed by atoms with Crippen molar-refractivity contribution in [3.05, 3.63) is 66.7 Å². The number of carbonyl (C=O) groups excluding carboxylic acids is 1. The zero-order chi connectivity index (χ0) is 24.1. The fourth-order valence-electron chi connectivity index (χ4n) is 3.26. The molecule has 1 amide bonds. The minimum atomic E-state index is -4.85. The number of hydrogen-bond donors (Lipinski definition) is 1. The van der Waals surface area contributed by atoms with Crippen molar-refractivity contribution in [2.45, 2.75) is 12.6 Å². The smallest absolute Gasteiger partial charge is 0.302 e. The molecule has 1 N–H and O–H groups in total. The van der Waals surface area contributed by atoms with Crippen molar-refractivity contribution < 1.29 is 22.4 Å². The molecule has 4 rings (SSSR count). The Hall–Kier alpha value is -3.32. The Kier molecular flexibility index (Phi) is 5.70. The second kappa shape index (κ2) is 8.23. The number of anilines is 1. The van der Waals surface area contributed by atoms with E-state index in [0.717, 1.165) is 15.9 Å². The van der Waals surface area contributed by atoms with Gasteiger partial charge >= 0.3 is 11.9 Å². The number of alkyl halides is 3. The first-order valence-electron chi connectivity index (χ1n) is 9.26. The summed E-state index contributed by atoms with van der Waals surface area (Å²) in [4.78, 5) is 41.7. The number of benzene rings is 1. The van der Waals surface area contributed by atoms with E-state index in [2.05, 4.69) is 10.3 Å². The summed E-state index contributed by atoms with van der Waals surface area (Å²) in [5.41, 5.74) is -1.76. The number of nitrogens with zero attached hydrogens (tertiary/aromatic N) is 3. The number of thiazole rings is 1. The Morgan fingerprint density at radius 1 is 1.12 bits per heavy atom. The van der Waals surface area contributed by atoms with E-state index >= 15 is 0 Å². The largest absolute Gasteiger partial charge is 0.419 e. The number of amides is 1. The Morgan fingerprint density at radius 3 is 2.55 bits per heavy atom. The molecule has 0 atom stereocenters. The average molecular weight is 498 g/mol. The molecule has 0 saturated carbocycles. The van der Waals surface area contributed by atoms with Crippen molar-refractivity contribution in [2.75, 3.05) is 5.32 Å². The predicted octanol–water partition coefficient (Wildman–Crippen LogP) is 3.76. The number of hydrogen-bond acceptors (Lipinski definition) is 6. The minimum absolute atomic E-state index is 0.0497. The maximum absolute atomic E-state index is 13.5. The topological polar surface area (TPSA) is 86.0 Å². The van der Waals surface area contributed by atoms with Gasteiger partial charge < -0.3 is 5.32 Å². The second-order valence-electron chi connectivity index (χ2n) is 7.10. The number of halogens is 4. The molecule has 0 aliphatic rings. The molecule has 0 aliphatic carbocycles. The molecule has 0 radical (unpaired) electrons. The molecule has 172 valence electrons. The summed E-state index contributed by atoms with van der Waals surface area (Å²) in [6.07, 6.45) is -5.02. The highest BCUT2D eigenvalue weighted by Gasteiger charge is 2.34. The van der Waals surface area contributed by atoms with E-state index in [4.69, 9.17) is 0 Å². The van der Waals surface area contributed by atoms with Crippen LogP contribution in [-0.2, 0) is 31.5 Å². The first-order chi connectivity index (χ1) is 15.5. The average Bonchev–Trinajstić information content (AvgIpc) is 3.37. The fourth-order valence-corrected chi connectivity index (χ4v) is 5.02. The lowest BCUT2D eigenvalue weighted by Gasteiger charge is -2.09. The lowest BCUT2D eigenvalue weighted by molar-refractivity contribution is -0.140. The van der Waals surface area contributed by atoms with Gasteiger partial charge in [0.15, 0.2) is 5.13 Å². The third-order valence-electron chi connectivity index (χ3n) is 4.91. The van der Waals surface area contributed by atoms with Gasteiger partial charge in [0, 0.05) is 25.0 Å². The molecule has 13 heteroatoms. The standard InChI is InChI=1S/C20H14F4N4O3S2/c1-27-16(30)15-10(7-32-17(15)28(2)19(27)31)6-14(29)26-18-25-13(8-33-18)9-3-4-12(21)11(5-9)20(22,23)24/h3-5,7-8H,6H2,1-2H3,(H,25,26,29). The van der Waals surface area contributed by atoms with Crippen molar-refractivity contribution in [2.24, 2.45) is 14.1 Å². The molecule has 33 heavy (non-hydrogen) atoms. The number of aryl methyl sites for hydroxylation is 1. The van der Waals surface area contributed by atoms with Gasteiger partial charge in [-0.3, -0.25) is 18.7 Å². The number of thiophene rings is 1. The zero-order valence-corrected chi connectivity index (χ0v) is 18.6. The van der Waals surface area contributed by atoms with Crippen LogP contribution in [0, 0.1) is 5.82 Å². The van der Waals surface area contributed by atoms with Gasteiger partial charge in [0.25, 0.3) is 5.56 Å². The molecule has 0 spiro atoms. The van der Waals surface area contributed by atoms with Gasteiger partial charge in [-0.25, -0.2) is 14.2 Å². The first kappa shape index (κ1) is 22.9. The van der Waals surface area contributed by atoms with Crippen molar-refractivity contribution >= 4 is 43.9 Å². The highest BCUT2D eigenvalue weighted by Crippen LogP contribution is 2.35. The molecule has 3 aromatic heterocycles. The van der Waals surface area contributed by atoms with Crippen LogP contribution in [0.1, 0.15) is 11.1 Å². The van der Waals surface area contributed by atoms with E-state index in [1.54, 1.807) is 5.38 Å². The van der Waals surface area contributed by atoms with Crippen LogP contribution in [0.5, 0.6) is 0 Å². The Bertz CT molecular complexity index is 1510. The second-order valence-corrected chi connectivity index (χ2v) is 8.82.